The molecule has 2 rings (SSSR count). The Morgan fingerprint density at radius 2 is 2.22 bits per heavy atom. The Hall–Kier alpha value is -1.13. The third-order valence-electron chi connectivity index (χ3n) is 2.48. The Bertz CT molecular complexity index is 548. The van der Waals surface area contributed by atoms with E-state index in [4.69, 9.17) is 4.74 Å². The molecular formula is C14H13BrO2S. The van der Waals surface area contributed by atoms with Crippen LogP contribution in [-0.2, 0) is 6.42 Å². The van der Waals surface area contributed by atoms with E-state index in [1.165, 1.54) is 0 Å². The highest BCUT2D eigenvalue weighted by Crippen LogP contribution is 2.24. The van der Waals surface area contributed by atoms with Gasteiger partial charge in [-0.25, -0.2) is 0 Å². The monoisotopic (exact) mass is 324 g/mol. The summed E-state index contributed by atoms with van der Waals surface area (Å²) in [6, 6.07) is 9.30. The number of halogens is 1. The van der Waals surface area contributed by atoms with Crippen LogP contribution < -0.4 is 4.74 Å². The lowest BCUT2D eigenvalue weighted by atomic mass is 10.1. The second-order valence-electron chi connectivity index (χ2n) is 3.75. The van der Waals surface area contributed by atoms with Crippen molar-refractivity contribution in [1.82, 2.24) is 0 Å². The van der Waals surface area contributed by atoms with Crippen LogP contribution in [0.4, 0.5) is 0 Å². The molecule has 0 radical (unpaired) electrons. The Kier molecular flexibility index (Phi) is 4.55. The summed E-state index contributed by atoms with van der Waals surface area (Å²) in [6.45, 7) is 2.53. The molecule has 94 valence electrons. The van der Waals surface area contributed by atoms with E-state index in [-0.39, 0.29) is 5.78 Å². The topological polar surface area (TPSA) is 26.3 Å². The molecule has 1 heterocycles. The molecule has 4 heteroatoms. The zero-order valence-corrected chi connectivity index (χ0v) is 12.4. The quantitative estimate of drug-likeness (QED) is 0.765. The van der Waals surface area contributed by atoms with Crippen LogP contribution in [0.2, 0.25) is 0 Å². The number of ether oxygens (including phenoxy) is 1. The summed E-state index contributed by atoms with van der Waals surface area (Å²) in [6.07, 6.45) is 0.424. The predicted molar refractivity (Wildman–Crippen MR) is 77.7 cm³/mol. The molecule has 0 saturated heterocycles. The van der Waals surface area contributed by atoms with Crippen LogP contribution in [0.25, 0.3) is 0 Å². The van der Waals surface area contributed by atoms with Gasteiger partial charge in [0.2, 0.25) is 0 Å². The standard InChI is InChI=1S/C14H13BrO2S/c1-2-17-11-5-3-4-10(8-11)13(16)9-14-12(15)6-7-18-14/h3-8H,2,9H2,1H3. The molecule has 2 nitrogen and oxygen atoms in total. The van der Waals surface area contributed by atoms with Crippen molar-refractivity contribution in [3.05, 3.63) is 50.6 Å². The van der Waals surface area contributed by atoms with Crippen LogP contribution in [0.3, 0.4) is 0 Å². The van der Waals surface area contributed by atoms with Gasteiger partial charge in [0, 0.05) is 21.3 Å². The number of carbonyl (C=O) groups excluding carboxylic acids is 1. The van der Waals surface area contributed by atoms with Crippen molar-refractivity contribution in [2.45, 2.75) is 13.3 Å². The maximum absolute atomic E-state index is 12.2. The fourth-order valence-electron chi connectivity index (χ4n) is 1.63. The van der Waals surface area contributed by atoms with Gasteiger partial charge in [-0.15, -0.1) is 11.3 Å². The molecule has 0 spiro atoms. The second kappa shape index (κ2) is 6.16. The summed E-state index contributed by atoms with van der Waals surface area (Å²) in [5.74, 6) is 0.855. The van der Waals surface area contributed by atoms with Crippen LogP contribution in [0.15, 0.2) is 40.2 Å². The van der Waals surface area contributed by atoms with Gasteiger partial charge >= 0.3 is 0 Å². The van der Waals surface area contributed by atoms with Gasteiger partial charge in [0.05, 0.1) is 6.61 Å². The first-order chi connectivity index (χ1) is 8.70. The molecule has 0 bridgehead atoms. The van der Waals surface area contributed by atoms with Crippen LogP contribution in [0.1, 0.15) is 22.2 Å². The highest BCUT2D eigenvalue weighted by Gasteiger charge is 2.11. The minimum Gasteiger partial charge on any atom is -0.494 e. The number of hydrogen-bond acceptors (Lipinski definition) is 3. The summed E-state index contributed by atoms with van der Waals surface area (Å²) in [7, 11) is 0. The molecule has 0 N–H and O–H groups in total. The van der Waals surface area contributed by atoms with E-state index in [1.54, 1.807) is 17.4 Å². The lowest BCUT2D eigenvalue weighted by molar-refractivity contribution is 0.0993. The predicted octanol–water partition coefficient (Wildman–Crippen LogP) is 4.33. The van der Waals surface area contributed by atoms with E-state index >= 15 is 0 Å². The average molecular weight is 325 g/mol. The maximum Gasteiger partial charge on any atom is 0.168 e. The van der Waals surface area contributed by atoms with Gasteiger partial charge in [0.25, 0.3) is 0 Å². The number of hydrogen-bond donors (Lipinski definition) is 0. The van der Waals surface area contributed by atoms with Crippen molar-refractivity contribution in [3.8, 4) is 5.75 Å². The van der Waals surface area contributed by atoms with Crippen molar-refractivity contribution >= 4 is 33.0 Å². The molecule has 1 aromatic carbocycles. The number of ketones is 1. The largest absolute Gasteiger partial charge is 0.494 e. The van der Waals surface area contributed by atoms with Crippen molar-refractivity contribution in [2.24, 2.45) is 0 Å². The number of benzene rings is 1. The van der Waals surface area contributed by atoms with E-state index in [2.05, 4.69) is 15.9 Å². The Labute approximate surface area is 119 Å². The van der Waals surface area contributed by atoms with E-state index in [9.17, 15) is 4.79 Å². The highest BCUT2D eigenvalue weighted by atomic mass is 79.9. The zero-order chi connectivity index (χ0) is 13.0. The van der Waals surface area contributed by atoms with Crippen LogP contribution in [0, 0.1) is 0 Å². The van der Waals surface area contributed by atoms with Gasteiger partial charge in [-0.05, 0) is 46.4 Å². The molecule has 0 amide bonds. The first-order valence-electron chi connectivity index (χ1n) is 5.68. The van der Waals surface area contributed by atoms with Crippen molar-refractivity contribution in [3.63, 3.8) is 0 Å². The van der Waals surface area contributed by atoms with Gasteiger partial charge in [-0.3, -0.25) is 4.79 Å². The molecule has 0 aliphatic heterocycles. The Balaban J connectivity index is 2.14. The molecular weight excluding hydrogens is 312 g/mol. The highest BCUT2D eigenvalue weighted by molar-refractivity contribution is 9.10. The Morgan fingerprint density at radius 1 is 1.39 bits per heavy atom. The minimum absolute atomic E-state index is 0.111. The van der Waals surface area contributed by atoms with Crippen LogP contribution in [-0.4, -0.2) is 12.4 Å². The molecule has 0 atom stereocenters. The number of thiophene rings is 1. The lowest BCUT2D eigenvalue weighted by Gasteiger charge is -2.05. The molecule has 18 heavy (non-hydrogen) atoms. The fraction of sp³-hybridized carbons (Fsp3) is 0.214. The van der Waals surface area contributed by atoms with Crippen molar-refractivity contribution in [2.75, 3.05) is 6.61 Å². The third kappa shape index (κ3) is 3.21. The number of rotatable bonds is 5. The summed E-state index contributed by atoms with van der Waals surface area (Å²) in [5, 5.41) is 1.98. The second-order valence-corrected chi connectivity index (χ2v) is 5.61. The molecule has 0 unspecified atom stereocenters. The summed E-state index contributed by atoms with van der Waals surface area (Å²) >= 11 is 5.03. The van der Waals surface area contributed by atoms with Gasteiger partial charge in [0.1, 0.15) is 5.75 Å². The van der Waals surface area contributed by atoms with E-state index in [0.717, 1.165) is 15.1 Å². The molecule has 2 aromatic rings. The van der Waals surface area contributed by atoms with E-state index in [1.807, 2.05) is 36.6 Å². The molecule has 0 aliphatic carbocycles. The van der Waals surface area contributed by atoms with Gasteiger partial charge in [0.15, 0.2) is 5.78 Å². The SMILES string of the molecule is CCOc1cccc(C(=O)Cc2sccc2Br)c1. The lowest BCUT2D eigenvalue weighted by Crippen LogP contribution is -2.03. The summed E-state index contributed by atoms with van der Waals surface area (Å²) < 4.78 is 6.40. The normalized spacial score (nSPS) is 10.3. The fourth-order valence-corrected chi connectivity index (χ4v) is 3.12. The van der Waals surface area contributed by atoms with Gasteiger partial charge < -0.3 is 4.74 Å². The first kappa shape index (κ1) is 13.3. The van der Waals surface area contributed by atoms with Crippen molar-refractivity contribution < 1.29 is 9.53 Å². The number of Topliss-reactive ketones (excluding diaryl/α,β-unsaturated/α-hetero) is 1. The molecule has 0 aliphatic rings. The first-order valence-corrected chi connectivity index (χ1v) is 7.36. The maximum atomic E-state index is 12.2. The number of carbonyl (C=O) groups is 1. The van der Waals surface area contributed by atoms with E-state index < -0.39 is 0 Å². The molecule has 0 fully saturated rings. The average Bonchev–Trinajstić information content (AvgIpc) is 2.76. The van der Waals surface area contributed by atoms with E-state index in [0.29, 0.717) is 18.6 Å². The van der Waals surface area contributed by atoms with Gasteiger partial charge in [-0.1, -0.05) is 12.1 Å². The summed E-state index contributed by atoms with van der Waals surface area (Å²) in [5.41, 5.74) is 0.696. The smallest absolute Gasteiger partial charge is 0.168 e. The third-order valence-corrected chi connectivity index (χ3v) is 4.41. The van der Waals surface area contributed by atoms with Crippen LogP contribution >= 0.6 is 27.3 Å². The Morgan fingerprint density at radius 3 is 2.89 bits per heavy atom. The van der Waals surface area contributed by atoms with Crippen molar-refractivity contribution in [1.29, 1.82) is 0 Å². The zero-order valence-electron chi connectivity index (χ0n) is 9.98. The summed E-state index contributed by atoms with van der Waals surface area (Å²) in [4.78, 5) is 13.2. The van der Waals surface area contributed by atoms with Gasteiger partial charge in [-0.2, -0.15) is 0 Å². The molecule has 0 saturated carbocycles. The minimum atomic E-state index is 0.111. The molecule has 1 aromatic heterocycles. The van der Waals surface area contributed by atoms with Crippen LogP contribution in [0.5, 0.6) is 5.75 Å².